The van der Waals surface area contributed by atoms with Gasteiger partial charge in [-0.15, -0.1) is 0 Å². The van der Waals surface area contributed by atoms with Crippen molar-refractivity contribution in [3.8, 4) is 0 Å². The predicted octanol–water partition coefficient (Wildman–Crippen LogP) is 3.36. The fourth-order valence-corrected chi connectivity index (χ4v) is 6.02. The molecule has 0 aliphatic carbocycles. The van der Waals surface area contributed by atoms with Crippen LogP contribution in [0, 0.1) is 6.92 Å². The van der Waals surface area contributed by atoms with Crippen LogP contribution in [0.15, 0.2) is 58.4 Å². The summed E-state index contributed by atoms with van der Waals surface area (Å²) in [7, 11) is 0. The van der Waals surface area contributed by atoms with Gasteiger partial charge in [0.2, 0.25) is 5.78 Å². The zero-order chi connectivity index (χ0) is 24.1. The molecule has 1 atom stereocenters. The summed E-state index contributed by atoms with van der Waals surface area (Å²) in [4.78, 5) is 36.6. The summed E-state index contributed by atoms with van der Waals surface area (Å²) in [5.74, 6) is -1.03. The van der Waals surface area contributed by atoms with E-state index in [-0.39, 0.29) is 11.4 Å². The topological polar surface area (TPSA) is 101 Å². The summed E-state index contributed by atoms with van der Waals surface area (Å²) in [6.45, 7) is 5.67. The fraction of sp³-hybridized carbons (Fsp3) is 0.320. The largest absolute Gasteiger partial charge is 0.503 e. The van der Waals surface area contributed by atoms with Crippen LogP contribution in [0.3, 0.4) is 0 Å². The van der Waals surface area contributed by atoms with E-state index in [1.165, 1.54) is 22.5 Å². The van der Waals surface area contributed by atoms with E-state index in [2.05, 4.69) is 9.88 Å². The quantitative estimate of drug-likeness (QED) is 0.412. The molecule has 1 N–H and O–H groups in total. The number of hydrogen-bond acceptors (Lipinski definition) is 8. The lowest BCUT2D eigenvalue weighted by atomic mass is 9.99. The third kappa shape index (κ3) is 3.56. The first-order valence-electron chi connectivity index (χ1n) is 11.5. The van der Waals surface area contributed by atoms with Gasteiger partial charge in [-0.1, -0.05) is 23.5 Å². The second-order valence-corrected chi connectivity index (χ2v) is 9.67. The number of aromatic nitrogens is 2. The highest BCUT2D eigenvalue weighted by Crippen LogP contribution is 2.41. The van der Waals surface area contributed by atoms with Crippen molar-refractivity contribution in [1.29, 1.82) is 0 Å². The van der Waals surface area contributed by atoms with Crippen LogP contribution in [-0.2, 0) is 9.53 Å². The Kier molecular flexibility index (Phi) is 5.43. The number of carbonyl (C=O) groups excluding carboxylic acids is 2. The Hall–Kier alpha value is -3.47. The van der Waals surface area contributed by atoms with Crippen LogP contribution >= 0.6 is 11.3 Å². The third-order valence-electron chi connectivity index (χ3n) is 6.72. The molecule has 4 aromatic rings. The number of hydrogen-bond donors (Lipinski definition) is 1. The van der Waals surface area contributed by atoms with E-state index in [0.29, 0.717) is 41.9 Å². The van der Waals surface area contributed by atoms with E-state index < -0.39 is 17.7 Å². The number of benzene rings is 1. The number of imidazole rings is 1. The minimum Gasteiger partial charge on any atom is -0.503 e. The molecule has 6 rings (SSSR count). The smallest absolute Gasteiger partial charge is 0.290 e. The summed E-state index contributed by atoms with van der Waals surface area (Å²) < 4.78 is 13.0. The molecule has 5 heterocycles. The van der Waals surface area contributed by atoms with Crippen molar-refractivity contribution in [2.75, 3.05) is 39.4 Å². The molecular formula is C25H24N4O5S. The Balaban J connectivity index is 1.37. The van der Waals surface area contributed by atoms with E-state index in [9.17, 15) is 14.7 Å². The molecule has 180 valence electrons. The first kappa shape index (κ1) is 22.0. The Bertz CT molecular complexity index is 1460. The number of aliphatic hydroxyl groups excluding tert-OH is 1. The highest BCUT2D eigenvalue weighted by molar-refractivity contribution is 7.19. The number of furan rings is 1. The number of morpholine rings is 1. The van der Waals surface area contributed by atoms with Gasteiger partial charge in [0.25, 0.3) is 5.91 Å². The van der Waals surface area contributed by atoms with Crippen LogP contribution in [0.1, 0.15) is 27.2 Å². The highest BCUT2D eigenvalue weighted by Gasteiger charge is 2.46. The second kappa shape index (κ2) is 8.63. The summed E-state index contributed by atoms with van der Waals surface area (Å²) in [5, 5.41) is 10.9. The maximum atomic E-state index is 13.9. The van der Waals surface area contributed by atoms with Crippen molar-refractivity contribution in [3.05, 3.63) is 70.3 Å². The fourth-order valence-electron chi connectivity index (χ4n) is 4.93. The summed E-state index contributed by atoms with van der Waals surface area (Å²) in [6.07, 6.45) is 1.51. The summed E-state index contributed by atoms with van der Waals surface area (Å²) >= 11 is 1.26. The summed E-state index contributed by atoms with van der Waals surface area (Å²) in [5.41, 5.74) is 2.53. The van der Waals surface area contributed by atoms with Crippen LogP contribution in [-0.4, -0.2) is 75.4 Å². The zero-order valence-electron chi connectivity index (χ0n) is 19.1. The summed E-state index contributed by atoms with van der Waals surface area (Å²) in [6, 6.07) is 10.4. The molecule has 2 aliphatic rings. The molecule has 0 bridgehead atoms. The van der Waals surface area contributed by atoms with Crippen molar-refractivity contribution in [2.24, 2.45) is 0 Å². The number of Topliss-reactive ketones (excluding diaryl/α,β-unsaturated/α-hetero) is 1. The van der Waals surface area contributed by atoms with Crippen LogP contribution < -0.4 is 0 Å². The van der Waals surface area contributed by atoms with E-state index in [4.69, 9.17) is 9.15 Å². The van der Waals surface area contributed by atoms with Gasteiger partial charge in [-0.05, 0) is 31.2 Å². The lowest BCUT2D eigenvalue weighted by Crippen LogP contribution is -2.43. The van der Waals surface area contributed by atoms with Gasteiger partial charge in [-0.3, -0.25) is 18.9 Å². The van der Waals surface area contributed by atoms with Crippen LogP contribution in [0.25, 0.3) is 16.0 Å². The van der Waals surface area contributed by atoms with Gasteiger partial charge in [-0.2, -0.15) is 0 Å². The van der Waals surface area contributed by atoms with Crippen molar-refractivity contribution >= 4 is 39.0 Å². The number of ether oxygens (including phenoxy) is 1. The number of fused-ring (bicyclic) bond motifs is 3. The number of rotatable bonds is 6. The molecule has 2 aliphatic heterocycles. The minimum atomic E-state index is -0.795. The van der Waals surface area contributed by atoms with Gasteiger partial charge in [0.05, 0.1) is 41.0 Å². The number of nitrogens with zero attached hydrogens (tertiary/aromatic N) is 4. The van der Waals surface area contributed by atoms with Crippen molar-refractivity contribution in [1.82, 2.24) is 19.2 Å². The molecule has 1 amide bonds. The molecule has 9 nitrogen and oxygen atoms in total. The van der Waals surface area contributed by atoms with Gasteiger partial charge in [0, 0.05) is 31.9 Å². The predicted molar refractivity (Wildman–Crippen MR) is 130 cm³/mol. The lowest BCUT2D eigenvalue weighted by Gasteiger charge is -2.30. The van der Waals surface area contributed by atoms with Gasteiger partial charge in [-0.25, -0.2) is 4.98 Å². The van der Waals surface area contributed by atoms with Crippen LogP contribution in [0.4, 0.5) is 0 Å². The van der Waals surface area contributed by atoms with E-state index in [1.54, 1.807) is 12.1 Å². The average Bonchev–Trinajstić information content (AvgIpc) is 3.64. The molecule has 3 aromatic heterocycles. The number of ketones is 1. The number of aliphatic hydroxyl groups is 1. The molecule has 1 aromatic carbocycles. The van der Waals surface area contributed by atoms with Crippen molar-refractivity contribution in [2.45, 2.75) is 13.0 Å². The Morgan fingerprint density at radius 1 is 1.17 bits per heavy atom. The average molecular weight is 493 g/mol. The molecule has 10 heteroatoms. The van der Waals surface area contributed by atoms with E-state index in [1.807, 2.05) is 35.6 Å². The van der Waals surface area contributed by atoms with Crippen LogP contribution in [0.5, 0.6) is 0 Å². The number of para-hydroxylation sites is 2. The number of aryl methyl sites for hydroxylation is 1. The molecule has 0 radical (unpaired) electrons. The Morgan fingerprint density at radius 2 is 1.97 bits per heavy atom. The molecular weight excluding hydrogens is 468 g/mol. The monoisotopic (exact) mass is 492 g/mol. The van der Waals surface area contributed by atoms with Crippen molar-refractivity contribution < 1.29 is 23.8 Å². The van der Waals surface area contributed by atoms with Crippen molar-refractivity contribution in [3.63, 3.8) is 0 Å². The maximum Gasteiger partial charge on any atom is 0.290 e. The standard InChI is InChI=1S/C25H24N4O5S/c1-15-23(35-25-26-16-5-2-3-6-17(16)29(15)25)21(30)19-20(18-7-4-12-34-18)28(24(32)22(19)31)9-8-27-10-13-33-14-11-27/h2-7,12,20,31H,8-11,13-14H2,1H3. The number of amides is 1. The normalized spacial score (nSPS) is 19.5. The second-order valence-electron chi connectivity index (χ2n) is 8.70. The van der Waals surface area contributed by atoms with Gasteiger partial charge in [0.1, 0.15) is 11.8 Å². The third-order valence-corrected chi connectivity index (χ3v) is 7.86. The SMILES string of the molecule is Cc1c(C(=O)C2=C(O)C(=O)N(CCN3CCOCC3)C2c2ccco2)sc2nc3ccccc3n12. The zero-order valence-corrected chi connectivity index (χ0v) is 20.0. The van der Waals surface area contributed by atoms with E-state index in [0.717, 1.165) is 29.8 Å². The number of carbonyl (C=O) groups is 2. The molecule has 0 saturated carbocycles. The van der Waals surface area contributed by atoms with Gasteiger partial charge >= 0.3 is 0 Å². The van der Waals surface area contributed by atoms with Crippen LogP contribution in [0.2, 0.25) is 0 Å². The number of thiazole rings is 1. The Labute approximate surface area is 204 Å². The Morgan fingerprint density at radius 3 is 2.74 bits per heavy atom. The molecule has 0 spiro atoms. The molecule has 35 heavy (non-hydrogen) atoms. The first-order valence-corrected chi connectivity index (χ1v) is 12.3. The van der Waals surface area contributed by atoms with Gasteiger partial charge < -0.3 is 19.2 Å². The molecule has 1 fully saturated rings. The first-order chi connectivity index (χ1) is 17.0. The molecule has 1 unspecified atom stereocenters. The highest BCUT2D eigenvalue weighted by atomic mass is 32.1. The van der Waals surface area contributed by atoms with E-state index >= 15 is 0 Å². The minimum absolute atomic E-state index is 0.0452. The lowest BCUT2D eigenvalue weighted by molar-refractivity contribution is -0.130. The molecule has 1 saturated heterocycles. The maximum absolute atomic E-state index is 13.9. The van der Waals surface area contributed by atoms with Gasteiger partial charge in [0.15, 0.2) is 10.7 Å².